The summed E-state index contributed by atoms with van der Waals surface area (Å²) in [5, 5.41) is 1.70. The van der Waals surface area contributed by atoms with Crippen LogP contribution in [0.3, 0.4) is 0 Å². The molecule has 3 heteroatoms. The summed E-state index contributed by atoms with van der Waals surface area (Å²) in [5.74, 6) is 0. The van der Waals surface area contributed by atoms with Crippen molar-refractivity contribution in [3.05, 3.63) is 47.0 Å². The Balaban J connectivity index is 2.82. The molecule has 0 unspecified atom stereocenters. The molecule has 0 nitrogen and oxygen atoms in total. The molecule has 0 aliphatic carbocycles. The van der Waals surface area contributed by atoms with Gasteiger partial charge in [0.05, 0.1) is 0 Å². The molecule has 2 aromatic rings. The number of benzene rings is 2. The highest BCUT2D eigenvalue weighted by atomic mass is 35.5. The van der Waals surface area contributed by atoms with E-state index in [1.165, 1.54) is 12.1 Å². The van der Waals surface area contributed by atoms with Gasteiger partial charge in [0.2, 0.25) is 0 Å². The second-order valence-electron chi connectivity index (χ2n) is 2.98. The third kappa shape index (κ3) is 1.46. The van der Waals surface area contributed by atoms with Gasteiger partial charge in [0.25, 0.3) is 6.43 Å². The number of alkyl halides is 2. The van der Waals surface area contributed by atoms with E-state index in [0.29, 0.717) is 15.8 Å². The quantitative estimate of drug-likeness (QED) is 0.656. The summed E-state index contributed by atoms with van der Waals surface area (Å²) in [7, 11) is 0. The Morgan fingerprint density at radius 1 is 0.929 bits per heavy atom. The molecule has 0 aliphatic heterocycles. The van der Waals surface area contributed by atoms with Crippen LogP contribution in [0.15, 0.2) is 36.4 Å². The van der Waals surface area contributed by atoms with Crippen molar-refractivity contribution < 1.29 is 8.78 Å². The average Bonchev–Trinajstić information content (AvgIpc) is 2.18. The summed E-state index contributed by atoms with van der Waals surface area (Å²) < 4.78 is 25.2. The van der Waals surface area contributed by atoms with Crippen LogP contribution in [0.25, 0.3) is 10.8 Å². The van der Waals surface area contributed by atoms with Crippen LogP contribution < -0.4 is 0 Å². The summed E-state index contributed by atoms with van der Waals surface area (Å²) in [6.07, 6.45) is -2.46. The van der Waals surface area contributed by atoms with Gasteiger partial charge >= 0.3 is 0 Å². The molecular weight excluding hydrogens is 206 g/mol. The lowest BCUT2D eigenvalue weighted by molar-refractivity contribution is 0.153. The van der Waals surface area contributed by atoms with Crippen molar-refractivity contribution in [3.63, 3.8) is 0 Å². The van der Waals surface area contributed by atoms with Gasteiger partial charge < -0.3 is 0 Å². The van der Waals surface area contributed by atoms with Crippen LogP contribution in [0.1, 0.15) is 12.0 Å². The Kier molecular flexibility index (Phi) is 2.38. The molecule has 0 aliphatic rings. The number of fused-ring (bicyclic) bond motifs is 1. The van der Waals surface area contributed by atoms with Gasteiger partial charge in [0.15, 0.2) is 0 Å². The monoisotopic (exact) mass is 212 g/mol. The molecular formula is C11H7ClF2. The highest BCUT2D eigenvalue weighted by molar-refractivity contribution is 6.35. The highest BCUT2D eigenvalue weighted by Gasteiger charge is 2.11. The van der Waals surface area contributed by atoms with Gasteiger partial charge in [0, 0.05) is 16.0 Å². The van der Waals surface area contributed by atoms with Crippen molar-refractivity contribution in [1.29, 1.82) is 0 Å². The van der Waals surface area contributed by atoms with Crippen molar-refractivity contribution in [2.45, 2.75) is 6.43 Å². The Bertz CT molecular complexity index is 466. The maximum Gasteiger partial charge on any atom is 0.264 e. The number of hydrogen-bond donors (Lipinski definition) is 0. The van der Waals surface area contributed by atoms with Crippen LogP contribution in [-0.2, 0) is 0 Å². The topological polar surface area (TPSA) is 0 Å². The second kappa shape index (κ2) is 3.54. The summed E-state index contributed by atoms with van der Waals surface area (Å²) in [6, 6.07) is 9.78. The molecule has 0 fully saturated rings. The molecule has 2 rings (SSSR count). The molecule has 0 spiro atoms. The Hall–Kier alpha value is -1.15. The molecule has 0 aromatic heterocycles. The first-order chi connectivity index (χ1) is 6.70. The molecule has 0 bridgehead atoms. The lowest BCUT2D eigenvalue weighted by Crippen LogP contribution is -1.86. The van der Waals surface area contributed by atoms with Gasteiger partial charge in [-0.05, 0) is 11.5 Å². The van der Waals surface area contributed by atoms with E-state index in [1.54, 1.807) is 24.3 Å². The molecule has 0 heterocycles. The van der Waals surface area contributed by atoms with E-state index in [0.717, 1.165) is 0 Å². The molecule has 0 atom stereocenters. The normalized spacial score (nSPS) is 11.1. The first-order valence-corrected chi connectivity index (χ1v) is 4.53. The summed E-state index contributed by atoms with van der Waals surface area (Å²) >= 11 is 5.89. The minimum Gasteiger partial charge on any atom is -0.205 e. The first kappa shape index (κ1) is 9.41. The fraction of sp³-hybridized carbons (Fsp3) is 0.0909. The van der Waals surface area contributed by atoms with Crippen molar-refractivity contribution >= 4 is 22.4 Å². The highest BCUT2D eigenvalue weighted by Crippen LogP contribution is 2.31. The Morgan fingerprint density at radius 2 is 1.57 bits per heavy atom. The van der Waals surface area contributed by atoms with Crippen LogP contribution in [0.4, 0.5) is 8.78 Å². The standard InChI is InChI=1S/C11H7ClF2/c12-10-6-5-9(11(13)14)7-3-1-2-4-8(7)10/h1-6,11H. The zero-order valence-corrected chi connectivity index (χ0v) is 7.93. The smallest absolute Gasteiger partial charge is 0.205 e. The van der Waals surface area contributed by atoms with Gasteiger partial charge in [-0.1, -0.05) is 41.9 Å². The van der Waals surface area contributed by atoms with E-state index >= 15 is 0 Å². The lowest BCUT2D eigenvalue weighted by Gasteiger charge is -2.06. The van der Waals surface area contributed by atoms with Crippen LogP contribution in [-0.4, -0.2) is 0 Å². The van der Waals surface area contributed by atoms with E-state index in [1.807, 2.05) is 0 Å². The molecule has 0 amide bonds. The van der Waals surface area contributed by atoms with E-state index in [-0.39, 0.29) is 5.56 Å². The maximum absolute atomic E-state index is 12.6. The van der Waals surface area contributed by atoms with Gasteiger partial charge in [0.1, 0.15) is 0 Å². The number of rotatable bonds is 1. The number of halogens is 3. The first-order valence-electron chi connectivity index (χ1n) is 4.15. The lowest BCUT2D eigenvalue weighted by atomic mass is 10.1. The van der Waals surface area contributed by atoms with Gasteiger partial charge in [-0.3, -0.25) is 0 Å². The molecule has 0 saturated carbocycles. The van der Waals surface area contributed by atoms with E-state index < -0.39 is 6.43 Å². The molecule has 2 aromatic carbocycles. The van der Waals surface area contributed by atoms with Crippen LogP contribution in [0.2, 0.25) is 5.02 Å². The predicted molar refractivity (Wildman–Crippen MR) is 53.9 cm³/mol. The molecule has 0 N–H and O–H groups in total. The van der Waals surface area contributed by atoms with Gasteiger partial charge in [-0.25, -0.2) is 8.78 Å². The predicted octanol–water partition coefficient (Wildman–Crippen LogP) is 4.43. The SMILES string of the molecule is FC(F)c1ccc(Cl)c2ccccc12. The minimum atomic E-state index is -2.46. The Labute approximate surface area is 85.1 Å². The summed E-state index contributed by atoms with van der Waals surface area (Å²) in [4.78, 5) is 0. The molecule has 0 saturated heterocycles. The zero-order chi connectivity index (χ0) is 10.1. The van der Waals surface area contributed by atoms with E-state index in [2.05, 4.69) is 0 Å². The summed E-state index contributed by atoms with van der Waals surface area (Å²) in [6.45, 7) is 0. The van der Waals surface area contributed by atoms with Crippen LogP contribution in [0, 0.1) is 0 Å². The third-order valence-corrected chi connectivity index (χ3v) is 2.47. The molecule has 72 valence electrons. The van der Waals surface area contributed by atoms with Crippen molar-refractivity contribution in [3.8, 4) is 0 Å². The fourth-order valence-electron chi connectivity index (χ4n) is 1.48. The van der Waals surface area contributed by atoms with E-state index in [9.17, 15) is 8.78 Å². The second-order valence-corrected chi connectivity index (χ2v) is 3.39. The van der Waals surface area contributed by atoms with Gasteiger partial charge in [-0.2, -0.15) is 0 Å². The zero-order valence-electron chi connectivity index (χ0n) is 7.18. The van der Waals surface area contributed by atoms with Crippen molar-refractivity contribution in [1.82, 2.24) is 0 Å². The largest absolute Gasteiger partial charge is 0.264 e. The minimum absolute atomic E-state index is 0.0324. The molecule has 0 radical (unpaired) electrons. The maximum atomic E-state index is 12.6. The average molecular weight is 213 g/mol. The fourth-order valence-corrected chi connectivity index (χ4v) is 1.70. The van der Waals surface area contributed by atoms with Crippen molar-refractivity contribution in [2.75, 3.05) is 0 Å². The third-order valence-electron chi connectivity index (χ3n) is 2.14. The molecule has 14 heavy (non-hydrogen) atoms. The van der Waals surface area contributed by atoms with E-state index in [4.69, 9.17) is 11.6 Å². The van der Waals surface area contributed by atoms with Crippen molar-refractivity contribution in [2.24, 2.45) is 0 Å². The van der Waals surface area contributed by atoms with Crippen LogP contribution in [0.5, 0.6) is 0 Å². The summed E-state index contributed by atoms with van der Waals surface area (Å²) in [5.41, 5.74) is 0.0324. The number of hydrogen-bond acceptors (Lipinski definition) is 0. The Morgan fingerprint density at radius 3 is 2.21 bits per heavy atom. The van der Waals surface area contributed by atoms with Gasteiger partial charge in [-0.15, -0.1) is 0 Å². The van der Waals surface area contributed by atoms with Crippen LogP contribution >= 0.6 is 11.6 Å².